The number of nitriles is 1. The number of rotatable bonds is 6. The predicted octanol–water partition coefficient (Wildman–Crippen LogP) is 5.14. The minimum atomic E-state index is -0.814. The normalized spacial score (nSPS) is 10.8. The molecule has 0 aliphatic heterocycles. The number of nitrogens with one attached hydrogen (secondary N) is 2. The summed E-state index contributed by atoms with van der Waals surface area (Å²) >= 11 is 0. The van der Waals surface area contributed by atoms with Gasteiger partial charge in [0.25, 0.3) is 5.91 Å². The Morgan fingerprint density at radius 1 is 0.974 bits per heavy atom. The molecule has 0 bridgehead atoms. The average molecular weight is 508 g/mol. The van der Waals surface area contributed by atoms with Gasteiger partial charge in [-0.15, -0.1) is 0 Å². The van der Waals surface area contributed by atoms with Crippen LogP contribution in [-0.4, -0.2) is 39.0 Å². The van der Waals surface area contributed by atoms with Crippen LogP contribution < -0.4 is 10.6 Å². The number of methoxy groups -OCH3 is 1. The van der Waals surface area contributed by atoms with Crippen LogP contribution >= 0.6 is 0 Å². The Hall–Kier alpha value is -5.17. The third-order valence-corrected chi connectivity index (χ3v) is 5.87. The Balaban J connectivity index is 1.60. The van der Waals surface area contributed by atoms with Crippen LogP contribution in [-0.2, 0) is 10.2 Å². The summed E-state index contributed by atoms with van der Waals surface area (Å²) in [5.41, 5.74) is 4.68. The van der Waals surface area contributed by atoms with Crippen molar-refractivity contribution in [2.45, 2.75) is 26.2 Å². The molecule has 0 spiro atoms. The summed E-state index contributed by atoms with van der Waals surface area (Å²) in [7, 11) is 1.27. The zero-order valence-electron chi connectivity index (χ0n) is 21.3. The highest BCUT2D eigenvalue weighted by Gasteiger charge is 2.22. The maximum atomic E-state index is 13.0. The summed E-state index contributed by atoms with van der Waals surface area (Å²) in [5, 5.41) is 14.8. The summed E-state index contributed by atoms with van der Waals surface area (Å²) in [5.74, 6) is -0.0127. The molecule has 0 saturated heterocycles. The number of nitrogens with zero attached hydrogens (tertiary/aromatic N) is 5. The van der Waals surface area contributed by atoms with E-state index in [1.165, 1.54) is 19.6 Å². The Morgan fingerprint density at radius 2 is 1.76 bits per heavy atom. The molecule has 3 aromatic heterocycles. The van der Waals surface area contributed by atoms with Gasteiger partial charge in [0.15, 0.2) is 0 Å². The van der Waals surface area contributed by atoms with Crippen molar-refractivity contribution >= 4 is 23.5 Å². The Bertz CT molecular complexity index is 1560. The van der Waals surface area contributed by atoms with Crippen molar-refractivity contribution in [2.24, 2.45) is 0 Å². The van der Waals surface area contributed by atoms with Crippen molar-refractivity contribution in [1.82, 2.24) is 19.9 Å². The standard InChI is InChI=1S/C28H25N7O3/c1-17-5-6-21(34-26(36)18-7-8-31-24(10-18)28(2,3)15-29)11-22(17)19-9-20(14-30-13-19)23-12-25(33-16-32-23)35-27(37)38-4/h5-14,16H,1-4H3,(H,34,36)(H,32,33,35,37). The molecule has 0 radical (unpaired) electrons. The molecule has 38 heavy (non-hydrogen) atoms. The maximum Gasteiger partial charge on any atom is 0.412 e. The van der Waals surface area contributed by atoms with E-state index in [0.29, 0.717) is 28.5 Å². The van der Waals surface area contributed by atoms with Gasteiger partial charge in [-0.2, -0.15) is 5.26 Å². The summed E-state index contributed by atoms with van der Waals surface area (Å²) in [6.07, 6.45) is 5.63. The molecule has 10 nitrogen and oxygen atoms in total. The minimum absolute atomic E-state index is 0.297. The largest absolute Gasteiger partial charge is 0.453 e. The lowest BCUT2D eigenvalue weighted by Gasteiger charge is -2.15. The van der Waals surface area contributed by atoms with E-state index in [1.54, 1.807) is 44.4 Å². The summed E-state index contributed by atoms with van der Waals surface area (Å²) in [4.78, 5) is 41.5. The van der Waals surface area contributed by atoms with Gasteiger partial charge in [-0.05, 0) is 62.2 Å². The fourth-order valence-electron chi connectivity index (χ4n) is 3.65. The molecule has 0 saturated carbocycles. The number of hydrogen-bond donors (Lipinski definition) is 2. The minimum Gasteiger partial charge on any atom is -0.453 e. The first-order chi connectivity index (χ1) is 18.2. The number of anilines is 2. The Kier molecular flexibility index (Phi) is 7.39. The van der Waals surface area contributed by atoms with E-state index in [1.807, 2.05) is 31.2 Å². The van der Waals surface area contributed by atoms with Crippen LogP contribution in [0.4, 0.5) is 16.3 Å². The highest BCUT2D eigenvalue weighted by atomic mass is 16.5. The van der Waals surface area contributed by atoms with Crippen molar-refractivity contribution in [3.63, 3.8) is 0 Å². The summed E-state index contributed by atoms with van der Waals surface area (Å²) in [6.45, 7) is 5.47. The molecule has 190 valence electrons. The molecule has 0 aliphatic carbocycles. The molecule has 4 aromatic rings. The molecule has 0 fully saturated rings. The van der Waals surface area contributed by atoms with Gasteiger partial charge in [-0.3, -0.25) is 20.1 Å². The smallest absolute Gasteiger partial charge is 0.412 e. The van der Waals surface area contributed by atoms with E-state index in [4.69, 9.17) is 0 Å². The number of aromatic nitrogens is 4. The van der Waals surface area contributed by atoms with Crippen LogP contribution in [0.25, 0.3) is 22.4 Å². The molecule has 1 aromatic carbocycles. The number of carbonyl (C=O) groups excluding carboxylic acids is 2. The van der Waals surface area contributed by atoms with Crippen LogP contribution in [0.5, 0.6) is 0 Å². The lowest BCUT2D eigenvalue weighted by atomic mass is 9.90. The first-order valence-corrected chi connectivity index (χ1v) is 11.6. The average Bonchev–Trinajstić information content (AvgIpc) is 2.94. The van der Waals surface area contributed by atoms with E-state index in [0.717, 1.165) is 22.3 Å². The predicted molar refractivity (Wildman–Crippen MR) is 142 cm³/mol. The summed E-state index contributed by atoms with van der Waals surface area (Å²) in [6, 6.07) is 14.6. The van der Waals surface area contributed by atoms with Gasteiger partial charge in [0.1, 0.15) is 12.1 Å². The third kappa shape index (κ3) is 5.79. The number of carbonyl (C=O) groups is 2. The van der Waals surface area contributed by atoms with Gasteiger partial charge >= 0.3 is 6.09 Å². The number of aryl methyl sites for hydroxylation is 1. The number of pyridine rings is 2. The number of benzene rings is 1. The van der Waals surface area contributed by atoms with Crippen molar-refractivity contribution in [3.05, 3.63) is 84.2 Å². The van der Waals surface area contributed by atoms with E-state index < -0.39 is 11.5 Å². The second kappa shape index (κ2) is 10.8. The molecule has 0 unspecified atom stereocenters. The van der Waals surface area contributed by atoms with Crippen LogP contribution in [0.3, 0.4) is 0 Å². The molecular weight excluding hydrogens is 482 g/mol. The molecule has 0 aliphatic rings. The van der Waals surface area contributed by atoms with Gasteiger partial charge in [-0.25, -0.2) is 14.8 Å². The van der Waals surface area contributed by atoms with Crippen LogP contribution in [0.2, 0.25) is 0 Å². The fourth-order valence-corrected chi connectivity index (χ4v) is 3.65. The maximum absolute atomic E-state index is 13.0. The van der Waals surface area contributed by atoms with E-state index in [-0.39, 0.29) is 5.91 Å². The van der Waals surface area contributed by atoms with Gasteiger partial charge in [0.2, 0.25) is 0 Å². The van der Waals surface area contributed by atoms with Gasteiger partial charge < -0.3 is 10.1 Å². The molecule has 3 heterocycles. The topological polar surface area (TPSA) is 143 Å². The van der Waals surface area contributed by atoms with Crippen molar-refractivity contribution in [3.8, 4) is 28.5 Å². The first-order valence-electron chi connectivity index (χ1n) is 11.6. The number of hydrogen-bond acceptors (Lipinski definition) is 8. The van der Waals surface area contributed by atoms with Crippen molar-refractivity contribution < 1.29 is 14.3 Å². The van der Waals surface area contributed by atoms with Gasteiger partial charge in [0.05, 0.1) is 30.0 Å². The van der Waals surface area contributed by atoms with Gasteiger partial charge in [-0.1, -0.05) is 6.07 Å². The van der Waals surface area contributed by atoms with E-state index in [2.05, 4.69) is 41.4 Å². The molecule has 0 atom stereocenters. The van der Waals surface area contributed by atoms with Crippen LogP contribution in [0.1, 0.15) is 35.5 Å². The second-order valence-electron chi connectivity index (χ2n) is 9.02. The Morgan fingerprint density at radius 3 is 2.53 bits per heavy atom. The quantitative estimate of drug-likeness (QED) is 0.365. The highest BCUT2D eigenvalue weighted by molar-refractivity contribution is 6.04. The fraction of sp³-hybridized carbons (Fsp3) is 0.179. The molecule has 2 N–H and O–H groups in total. The number of amides is 2. The monoisotopic (exact) mass is 507 g/mol. The molecule has 2 amide bonds. The lowest BCUT2D eigenvalue weighted by molar-refractivity contribution is 0.102. The molecule has 4 rings (SSSR count). The number of ether oxygens (including phenoxy) is 1. The van der Waals surface area contributed by atoms with Crippen LogP contribution in [0, 0.1) is 18.3 Å². The van der Waals surface area contributed by atoms with Gasteiger partial charge in [0, 0.05) is 47.0 Å². The van der Waals surface area contributed by atoms with Crippen molar-refractivity contribution in [2.75, 3.05) is 17.7 Å². The summed E-state index contributed by atoms with van der Waals surface area (Å²) < 4.78 is 4.61. The van der Waals surface area contributed by atoms with E-state index in [9.17, 15) is 14.9 Å². The van der Waals surface area contributed by atoms with E-state index >= 15 is 0 Å². The first kappa shape index (κ1) is 25.9. The molecular formula is C28H25N7O3. The van der Waals surface area contributed by atoms with Crippen LogP contribution in [0.15, 0.2) is 67.4 Å². The Labute approximate surface area is 219 Å². The SMILES string of the molecule is COC(=O)Nc1cc(-c2cncc(-c3cc(NC(=O)c4ccnc(C(C)(C)C#N)c4)ccc3C)c2)ncn1. The molecule has 10 heteroatoms. The van der Waals surface area contributed by atoms with Crippen molar-refractivity contribution in [1.29, 1.82) is 5.26 Å². The zero-order valence-corrected chi connectivity index (χ0v) is 21.3. The third-order valence-electron chi connectivity index (χ3n) is 5.87. The highest BCUT2D eigenvalue weighted by Crippen LogP contribution is 2.30. The zero-order chi connectivity index (χ0) is 27.3. The lowest BCUT2D eigenvalue weighted by Crippen LogP contribution is -2.18. The second-order valence-corrected chi connectivity index (χ2v) is 9.02.